The maximum Gasteiger partial charge on any atom is 0.302 e. The molecule has 2 fully saturated rings. The average molecular weight is 797 g/mol. The minimum absolute atomic E-state index is 0.0431. The molecule has 13 nitrogen and oxygen atoms in total. The molecule has 3 aliphatic rings. The summed E-state index contributed by atoms with van der Waals surface area (Å²) in [5, 5.41) is 45.1. The fourth-order valence-electron chi connectivity index (χ4n) is 7.62. The first-order valence-corrected chi connectivity index (χ1v) is 21.4. The van der Waals surface area contributed by atoms with E-state index in [1.807, 2.05) is 24.3 Å². The molecule has 4 bridgehead atoms. The highest BCUT2D eigenvalue weighted by Gasteiger charge is 2.40. The summed E-state index contributed by atoms with van der Waals surface area (Å²) in [6.45, 7) is 2.12. The van der Waals surface area contributed by atoms with Crippen LogP contribution in [0.25, 0.3) is 0 Å². The van der Waals surface area contributed by atoms with Crippen molar-refractivity contribution in [3.05, 3.63) is 71.5 Å². The smallest absolute Gasteiger partial charge is 0.302 e. The van der Waals surface area contributed by atoms with Crippen molar-refractivity contribution >= 4 is 33.5 Å². The number of fused-ring (bicyclic) bond motifs is 4. The van der Waals surface area contributed by atoms with Crippen LogP contribution in [0, 0.1) is 5.92 Å². The van der Waals surface area contributed by atoms with Gasteiger partial charge < -0.3 is 50.4 Å². The van der Waals surface area contributed by atoms with Crippen molar-refractivity contribution in [2.45, 2.75) is 94.7 Å². The molecule has 1 aliphatic carbocycles. The highest BCUT2D eigenvalue weighted by molar-refractivity contribution is 8.76. The Morgan fingerprint density at radius 3 is 2.82 bits per heavy atom. The molecule has 3 aromatic rings. The van der Waals surface area contributed by atoms with Crippen LogP contribution in [0.3, 0.4) is 0 Å². The molecule has 55 heavy (non-hydrogen) atoms. The summed E-state index contributed by atoms with van der Waals surface area (Å²) in [6.07, 6.45) is 7.75. The summed E-state index contributed by atoms with van der Waals surface area (Å²) in [4.78, 5) is 20.9. The van der Waals surface area contributed by atoms with Crippen molar-refractivity contribution in [1.82, 2.24) is 10.3 Å². The summed E-state index contributed by atoms with van der Waals surface area (Å²) in [7, 11) is 3.50. The van der Waals surface area contributed by atoms with Crippen molar-refractivity contribution in [2.24, 2.45) is 16.6 Å². The first-order chi connectivity index (χ1) is 26.6. The Morgan fingerprint density at radius 2 is 2.02 bits per heavy atom. The van der Waals surface area contributed by atoms with Crippen LogP contribution in [0.4, 0.5) is 0 Å². The van der Waals surface area contributed by atoms with Gasteiger partial charge in [0.05, 0.1) is 24.4 Å². The van der Waals surface area contributed by atoms with Gasteiger partial charge in [-0.3, -0.25) is 14.8 Å². The molecule has 0 spiro atoms. The molecule has 7 N–H and O–H groups in total. The van der Waals surface area contributed by atoms with E-state index in [4.69, 9.17) is 24.7 Å². The van der Waals surface area contributed by atoms with Crippen LogP contribution in [0.5, 0.6) is 28.7 Å². The predicted molar refractivity (Wildman–Crippen MR) is 213 cm³/mol. The fraction of sp³-hybridized carbons (Fsp3) is 0.525. The molecule has 1 aromatic heterocycles. The van der Waals surface area contributed by atoms with Gasteiger partial charge in [-0.15, -0.1) is 0 Å². The molecule has 15 heteroatoms. The number of hydrogen-bond donors (Lipinski definition) is 6. The fourth-order valence-corrected chi connectivity index (χ4v) is 10.6. The van der Waals surface area contributed by atoms with Gasteiger partial charge in [-0.05, 0) is 85.0 Å². The number of phenols is 3. The van der Waals surface area contributed by atoms with Crippen LogP contribution in [0.1, 0.15) is 74.7 Å². The van der Waals surface area contributed by atoms with E-state index in [9.17, 15) is 25.2 Å². The molecule has 2 aromatic carbocycles. The van der Waals surface area contributed by atoms with E-state index in [2.05, 4.69) is 15.3 Å². The third-order valence-electron chi connectivity index (χ3n) is 10.3. The Bertz CT molecular complexity index is 1770. The SMILES string of the molecule is CC(=O)OC1CC(c2cc(O)c(O)c(OCCc3cccnc3)c2)OC(C2CSSCC3(NC(N)=NCCCO)CCCC(C3)Oc3cc(ccc3O)C2)C1. The number of aliphatic hydroxyl groups is 1. The average Bonchev–Trinajstić information content (AvgIpc) is 3.16. The van der Waals surface area contributed by atoms with Crippen LogP contribution in [0.15, 0.2) is 59.9 Å². The lowest BCUT2D eigenvalue weighted by atomic mass is 9.81. The van der Waals surface area contributed by atoms with Crippen LogP contribution >= 0.6 is 21.6 Å². The lowest BCUT2D eigenvalue weighted by molar-refractivity contribution is -0.163. The van der Waals surface area contributed by atoms with E-state index in [-0.39, 0.29) is 60.3 Å². The second-order valence-electron chi connectivity index (χ2n) is 14.6. The number of rotatable bonds is 11. The number of nitrogens with one attached hydrogen (secondary N) is 1. The van der Waals surface area contributed by atoms with Gasteiger partial charge in [-0.1, -0.05) is 33.7 Å². The zero-order chi connectivity index (χ0) is 38.8. The Kier molecular flexibility index (Phi) is 14.2. The summed E-state index contributed by atoms with van der Waals surface area (Å²) in [5.41, 5.74) is 8.52. The van der Waals surface area contributed by atoms with Crippen molar-refractivity contribution in [3.8, 4) is 28.7 Å². The maximum atomic E-state index is 12.3. The highest BCUT2D eigenvalue weighted by Crippen LogP contribution is 2.45. The third-order valence-corrected chi connectivity index (χ3v) is 13.0. The number of nitrogens with zero attached hydrogens (tertiary/aromatic N) is 2. The lowest BCUT2D eigenvalue weighted by Crippen LogP contribution is -2.57. The number of aliphatic imine (C=N–C) groups is 1. The van der Waals surface area contributed by atoms with Gasteiger partial charge in [0.1, 0.15) is 12.2 Å². The van der Waals surface area contributed by atoms with Crippen LogP contribution < -0.4 is 20.5 Å². The van der Waals surface area contributed by atoms with Gasteiger partial charge in [0.2, 0.25) is 5.75 Å². The van der Waals surface area contributed by atoms with Gasteiger partial charge in [-0.25, -0.2) is 0 Å². The summed E-state index contributed by atoms with van der Waals surface area (Å²) >= 11 is 0. The van der Waals surface area contributed by atoms with E-state index < -0.39 is 17.7 Å². The molecule has 0 amide bonds. The third kappa shape index (κ3) is 11.3. The van der Waals surface area contributed by atoms with Crippen molar-refractivity contribution in [3.63, 3.8) is 0 Å². The Morgan fingerprint density at radius 1 is 1.15 bits per heavy atom. The number of guanidine groups is 1. The maximum absolute atomic E-state index is 12.3. The summed E-state index contributed by atoms with van der Waals surface area (Å²) in [6, 6.07) is 12.4. The second kappa shape index (κ2) is 19.2. The number of pyridine rings is 1. The number of nitrogens with two attached hydrogens (primary N) is 1. The van der Waals surface area contributed by atoms with Crippen LogP contribution in [-0.2, 0) is 27.1 Å². The molecule has 3 heterocycles. The van der Waals surface area contributed by atoms with Gasteiger partial charge in [0, 0.05) is 69.7 Å². The number of aromatic nitrogens is 1. The molecule has 1 saturated carbocycles. The number of ether oxygens (including phenoxy) is 4. The number of aliphatic hydroxyl groups excluding tert-OH is 1. The summed E-state index contributed by atoms with van der Waals surface area (Å²) in [5.74, 6) is 1.27. The largest absolute Gasteiger partial charge is 0.504 e. The molecular weight excluding hydrogens is 745 g/mol. The Labute approximate surface area is 329 Å². The molecular formula is C40H52N4O9S2. The quantitative estimate of drug-likeness (QED) is 0.0352. The molecule has 6 unspecified atom stereocenters. The van der Waals surface area contributed by atoms with Crippen molar-refractivity contribution in [1.29, 1.82) is 0 Å². The van der Waals surface area contributed by atoms with Gasteiger partial charge in [0.25, 0.3) is 0 Å². The number of benzene rings is 2. The highest BCUT2D eigenvalue weighted by atomic mass is 33.1. The number of hydrogen-bond acceptors (Lipinski definition) is 13. The van der Waals surface area contributed by atoms with Crippen LogP contribution in [0.2, 0.25) is 0 Å². The molecule has 0 radical (unpaired) electrons. The van der Waals surface area contributed by atoms with Gasteiger partial charge in [-0.2, -0.15) is 0 Å². The number of carbonyl (C=O) groups is 1. The first-order valence-electron chi connectivity index (χ1n) is 18.9. The minimum Gasteiger partial charge on any atom is -0.504 e. The molecule has 298 valence electrons. The molecule has 6 rings (SSSR count). The molecule has 6 atom stereocenters. The minimum atomic E-state index is -0.573. The van der Waals surface area contributed by atoms with E-state index >= 15 is 0 Å². The Hall–Kier alpha value is -4.05. The zero-order valence-electron chi connectivity index (χ0n) is 31.1. The standard InChI is InChI=1S/C40H52N4O9S2/c1-25(46)51-31-19-34(28-17-33(48)38(49)37(18-28)50-14-9-26-5-3-11-42-22-26)53-35(20-31)29-15-27-7-8-32(47)36(16-27)52-30-6-2-10-40(21-30,24-55-54-23-29)44-39(41)43-12-4-13-45/h3,5,7-8,11,16-18,22,29-31,34-35,45,47-49H,2,4,6,9-10,12-15,19-21,23-24H2,1H3,(H3,41,43,44). The van der Waals surface area contributed by atoms with E-state index in [0.29, 0.717) is 68.1 Å². The van der Waals surface area contributed by atoms with E-state index in [1.54, 1.807) is 46.1 Å². The normalized spacial score (nSPS) is 26.0. The topological polar surface area (TPSA) is 198 Å². The monoisotopic (exact) mass is 796 g/mol. The number of carbonyl (C=O) groups excluding carboxylic acids is 1. The van der Waals surface area contributed by atoms with Gasteiger partial charge in [0.15, 0.2) is 29.0 Å². The van der Waals surface area contributed by atoms with Crippen molar-refractivity contribution < 1.29 is 44.2 Å². The molecule has 1 saturated heterocycles. The van der Waals surface area contributed by atoms with Gasteiger partial charge >= 0.3 is 5.97 Å². The van der Waals surface area contributed by atoms with E-state index in [1.165, 1.54) is 13.0 Å². The van der Waals surface area contributed by atoms with Crippen molar-refractivity contribution in [2.75, 3.05) is 31.3 Å². The molecule has 2 aliphatic heterocycles. The number of aromatic hydroxyl groups is 3. The summed E-state index contributed by atoms with van der Waals surface area (Å²) < 4.78 is 25.2. The second-order valence-corrected chi connectivity index (χ2v) is 17.1. The number of phenolic OH excluding ortho intramolecular Hbond substituents is 3. The zero-order valence-corrected chi connectivity index (χ0v) is 32.7. The Balaban J connectivity index is 1.25. The van der Waals surface area contributed by atoms with Crippen LogP contribution in [-0.4, -0.2) is 92.5 Å². The first kappa shape index (κ1) is 40.6. The predicted octanol–water partition coefficient (Wildman–Crippen LogP) is 5.57. The lowest BCUT2D eigenvalue weighted by Gasteiger charge is -2.41. The number of esters is 1. The van der Waals surface area contributed by atoms with E-state index in [0.717, 1.165) is 36.1 Å².